The van der Waals surface area contributed by atoms with Crippen LogP contribution in [0.5, 0.6) is 0 Å². The number of carbonyl (C=O) groups excluding carboxylic acids is 2. The van der Waals surface area contributed by atoms with Crippen LogP contribution in [0.15, 0.2) is 15.8 Å². The number of fused-ring (bicyclic) bond motifs is 1. The smallest absolute Gasteiger partial charge is 0.394 e. The van der Waals surface area contributed by atoms with Gasteiger partial charge in [0.05, 0.1) is 6.61 Å². The van der Waals surface area contributed by atoms with E-state index in [0.29, 0.717) is 0 Å². The first-order valence-corrected chi connectivity index (χ1v) is 9.44. The van der Waals surface area contributed by atoms with Gasteiger partial charge in [-0.1, -0.05) is 0 Å². The van der Waals surface area contributed by atoms with E-state index < -0.39 is 84.8 Å². The van der Waals surface area contributed by atoms with E-state index in [-0.39, 0.29) is 0 Å². The summed E-state index contributed by atoms with van der Waals surface area (Å²) in [6, 6.07) is 0. The Kier molecular flexibility index (Phi) is 6.46. The lowest BCUT2D eigenvalue weighted by Gasteiger charge is -2.24. The Labute approximate surface area is 177 Å². The molecule has 32 heavy (non-hydrogen) atoms. The number of ether oxygens (including phenoxy) is 3. The molecule has 2 saturated heterocycles. The summed E-state index contributed by atoms with van der Waals surface area (Å²) >= 11 is 0. The number of alkyl halides is 3. The molecule has 178 valence electrons. The van der Waals surface area contributed by atoms with Gasteiger partial charge >= 0.3 is 17.8 Å². The predicted octanol–water partition coefficient (Wildman–Crippen LogP) is -1.65. The molecule has 0 aliphatic carbocycles. The van der Waals surface area contributed by atoms with Crippen molar-refractivity contribution in [3.05, 3.63) is 32.6 Å². The molecule has 15 heteroatoms. The number of rotatable bonds is 6. The van der Waals surface area contributed by atoms with Crippen LogP contribution < -0.4 is 21.9 Å². The van der Waals surface area contributed by atoms with Crippen LogP contribution in [0.2, 0.25) is 0 Å². The summed E-state index contributed by atoms with van der Waals surface area (Å²) in [5.74, 6) is -4.21. The molecule has 4 unspecified atom stereocenters. The van der Waals surface area contributed by atoms with Crippen molar-refractivity contribution in [1.29, 1.82) is 0 Å². The zero-order chi connectivity index (χ0) is 23.8. The van der Waals surface area contributed by atoms with Gasteiger partial charge in [-0.3, -0.25) is 23.9 Å². The SMILES string of the molecule is CC1(C)OC2C(CO)OC(n3cc(C(=O)NCCNC(=O)C(F)(F)F)c(=O)[nH]c3=O)C2O1. The molecule has 1 aromatic heterocycles. The standard InChI is InChI=1S/C17H21F3N4O8/c1-16(2)31-9-8(6-25)30-13(10(9)32-16)24-5-7(12(27)23-15(24)29)11(26)21-3-4-22-14(28)17(18,19)20/h5,8-10,13,25H,3-4,6H2,1-2H3,(H,21,26)(H,22,28)(H,23,27,29). The fraction of sp³-hybridized carbons (Fsp3) is 0.647. The molecule has 2 aliphatic rings. The molecule has 4 atom stereocenters. The predicted molar refractivity (Wildman–Crippen MR) is 97.5 cm³/mol. The highest BCUT2D eigenvalue weighted by Crippen LogP contribution is 2.42. The minimum absolute atomic E-state index is 0.415. The second kappa shape index (κ2) is 8.65. The van der Waals surface area contributed by atoms with Crippen LogP contribution in [-0.2, 0) is 19.0 Å². The zero-order valence-electron chi connectivity index (χ0n) is 16.9. The average Bonchev–Trinajstić information content (AvgIpc) is 3.17. The summed E-state index contributed by atoms with van der Waals surface area (Å²) < 4.78 is 54.4. The van der Waals surface area contributed by atoms with Crippen LogP contribution in [0, 0.1) is 0 Å². The topological polar surface area (TPSA) is 161 Å². The van der Waals surface area contributed by atoms with Crippen LogP contribution in [0.3, 0.4) is 0 Å². The summed E-state index contributed by atoms with van der Waals surface area (Å²) in [7, 11) is 0. The third kappa shape index (κ3) is 4.85. The highest BCUT2D eigenvalue weighted by Gasteiger charge is 2.56. The van der Waals surface area contributed by atoms with Crippen molar-refractivity contribution in [2.45, 2.75) is 50.4 Å². The summed E-state index contributed by atoms with van der Waals surface area (Å²) in [6.45, 7) is 1.86. The Morgan fingerprint density at radius 3 is 2.44 bits per heavy atom. The number of nitrogens with one attached hydrogen (secondary N) is 3. The quantitative estimate of drug-likeness (QED) is 0.363. The van der Waals surface area contributed by atoms with Gasteiger partial charge in [0.15, 0.2) is 12.0 Å². The molecule has 1 aromatic rings. The van der Waals surface area contributed by atoms with Crippen molar-refractivity contribution in [3.8, 4) is 0 Å². The summed E-state index contributed by atoms with van der Waals surface area (Å²) in [5.41, 5.74) is -2.49. The Morgan fingerprint density at radius 1 is 1.19 bits per heavy atom. The van der Waals surface area contributed by atoms with E-state index >= 15 is 0 Å². The minimum Gasteiger partial charge on any atom is -0.394 e. The van der Waals surface area contributed by atoms with E-state index in [1.165, 1.54) is 0 Å². The number of aromatic nitrogens is 2. The number of aliphatic hydroxyl groups is 1. The highest BCUT2D eigenvalue weighted by molar-refractivity contribution is 5.93. The molecule has 3 heterocycles. The average molecular weight is 466 g/mol. The number of hydrogen-bond donors (Lipinski definition) is 4. The van der Waals surface area contributed by atoms with Crippen molar-refractivity contribution in [2.24, 2.45) is 0 Å². The van der Waals surface area contributed by atoms with Crippen molar-refractivity contribution < 1.29 is 42.1 Å². The molecule has 2 aliphatic heterocycles. The number of aliphatic hydroxyl groups excluding tert-OH is 1. The lowest BCUT2D eigenvalue weighted by molar-refractivity contribution is -0.200. The van der Waals surface area contributed by atoms with E-state index in [1.54, 1.807) is 19.2 Å². The number of carbonyl (C=O) groups is 2. The highest BCUT2D eigenvalue weighted by atomic mass is 19.4. The largest absolute Gasteiger partial charge is 0.471 e. The minimum atomic E-state index is -5.07. The molecule has 0 saturated carbocycles. The van der Waals surface area contributed by atoms with Crippen LogP contribution in [0.25, 0.3) is 0 Å². The van der Waals surface area contributed by atoms with Crippen molar-refractivity contribution in [1.82, 2.24) is 20.2 Å². The Morgan fingerprint density at radius 2 is 1.81 bits per heavy atom. The molecule has 0 aromatic carbocycles. The van der Waals surface area contributed by atoms with E-state index in [0.717, 1.165) is 10.8 Å². The fourth-order valence-electron chi connectivity index (χ4n) is 3.41. The van der Waals surface area contributed by atoms with Gasteiger partial charge in [-0.25, -0.2) is 4.79 Å². The van der Waals surface area contributed by atoms with Gasteiger partial charge in [-0.2, -0.15) is 13.2 Å². The lowest BCUT2D eigenvalue weighted by atomic mass is 10.1. The van der Waals surface area contributed by atoms with Gasteiger partial charge in [0, 0.05) is 19.3 Å². The molecular formula is C17H21F3N4O8. The van der Waals surface area contributed by atoms with Gasteiger partial charge < -0.3 is 30.0 Å². The first-order valence-electron chi connectivity index (χ1n) is 9.44. The zero-order valence-corrected chi connectivity index (χ0v) is 16.9. The van der Waals surface area contributed by atoms with E-state index in [2.05, 4.69) is 5.32 Å². The lowest BCUT2D eigenvalue weighted by Crippen LogP contribution is -2.43. The first kappa shape index (κ1) is 23.9. The summed E-state index contributed by atoms with van der Waals surface area (Å²) in [4.78, 5) is 49.5. The van der Waals surface area contributed by atoms with Gasteiger partial charge in [0.1, 0.15) is 23.9 Å². The van der Waals surface area contributed by atoms with Gasteiger partial charge in [0.25, 0.3) is 11.5 Å². The first-order chi connectivity index (χ1) is 14.8. The van der Waals surface area contributed by atoms with Gasteiger partial charge in [-0.15, -0.1) is 0 Å². The molecule has 0 radical (unpaired) electrons. The number of aromatic amines is 1. The number of hydrogen-bond acceptors (Lipinski definition) is 8. The molecule has 0 bridgehead atoms. The van der Waals surface area contributed by atoms with Crippen molar-refractivity contribution >= 4 is 11.8 Å². The van der Waals surface area contributed by atoms with Crippen molar-refractivity contribution in [2.75, 3.05) is 19.7 Å². The molecule has 12 nitrogen and oxygen atoms in total. The third-order valence-corrected chi connectivity index (χ3v) is 4.75. The molecular weight excluding hydrogens is 445 g/mol. The maximum Gasteiger partial charge on any atom is 0.471 e. The Balaban J connectivity index is 1.75. The summed E-state index contributed by atoms with van der Waals surface area (Å²) in [5, 5.41) is 13.3. The van der Waals surface area contributed by atoms with Gasteiger partial charge in [0.2, 0.25) is 0 Å². The molecule has 2 amide bonds. The molecule has 4 N–H and O–H groups in total. The van der Waals surface area contributed by atoms with Crippen LogP contribution in [0.4, 0.5) is 13.2 Å². The van der Waals surface area contributed by atoms with Gasteiger partial charge in [-0.05, 0) is 13.8 Å². The number of amides is 2. The summed E-state index contributed by atoms with van der Waals surface area (Å²) in [6.07, 6.45) is -7.67. The number of H-pyrrole nitrogens is 1. The van der Waals surface area contributed by atoms with Crippen LogP contribution in [-0.4, -0.2) is 76.4 Å². The maximum absolute atomic E-state index is 12.4. The number of halogens is 3. The second-order valence-corrected chi connectivity index (χ2v) is 7.53. The van der Waals surface area contributed by atoms with E-state index in [9.17, 15) is 37.5 Å². The fourth-order valence-corrected chi connectivity index (χ4v) is 3.41. The van der Waals surface area contributed by atoms with Crippen LogP contribution in [0.1, 0.15) is 30.4 Å². The second-order valence-electron chi connectivity index (χ2n) is 7.53. The van der Waals surface area contributed by atoms with E-state index in [1.807, 2.05) is 4.98 Å². The van der Waals surface area contributed by atoms with E-state index in [4.69, 9.17) is 14.2 Å². The molecule has 0 spiro atoms. The third-order valence-electron chi connectivity index (χ3n) is 4.75. The maximum atomic E-state index is 12.4. The Hall–Kier alpha value is -2.75. The normalized spacial score (nSPS) is 26.6. The number of nitrogens with zero attached hydrogens (tertiary/aromatic N) is 1. The monoisotopic (exact) mass is 466 g/mol. The van der Waals surface area contributed by atoms with Crippen molar-refractivity contribution in [3.63, 3.8) is 0 Å². The molecule has 3 rings (SSSR count). The molecule has 2 fully saturated rings. The Bertz CT molecular complexity index is 1000. The van der Waals surface area contributed by atoms with Crippen LogP contribution >= 0.6 is 0 Å².